The van der Waals surface area contributed by atoms with Gasteiger partial charge in [-0.05, 0) is 36.6 Å². The zero-order valence-corrected chi connectivity index (χ0v) is 10.8. The Hall–Kier alpha value is -2.03. The van der Waals surface area contributed by atoms with E-state index in [0.29, 0.717) is 12.0 Å². The molecule has 0 aliphatic rings. The minimum Gasteiger partial charge on any atom is -0.288 e. The maximum Gasteiger partial charge on any atom is 0.196 e. The summed E-state index contributed by atoms with van der Waals surface area (Å²) in [6.07, 6.45) is 0.665. The van der Waals surface area contributed by atoms with Gasteiger partial charge >= 0.3 is 0 Å². The predicted molar refractivity (Wildman–Crippen MR) is 70.3 cm³/mol. The van der Waals surface area contributed by atoms with E-state index in [1.807, 2.05) is 19.1 Å². The van der Waals surface area contributed by atoms with Crippen LogP contribution in [0.25, 0.3) is 0 Å². The lowest BCUT2D eigenvalue weighted by atomic mass is 9.96. The molecule has 19 heavy (non-hydrogen) atoms. The van der Waals surface area contributed by atoms with E-state index in [4.69, 9.17) is 0 Å². The van der Waals surface area contributed by atoms with Crippen LogP contribution in [0.15, 0.2) is 36.4 Å². The molecule has 2 aromatic rings. The first-order valence-corrected chi connectivity index (χ1v) is 6.12. The van der Waals surface area contributed by atoms with E-state index in [2.05, 4.69) is 0 Å². The molecule has 3 heteroatoms. The highest BCUT2D eigenvalue weighted by atomic mass is 19.1. The van der Waals surface area contributed by atoms with Gasteiger partial charge in [-0.2, -0.15) is 0 Å². The van der Waals surface area contributed by atoms with E-state index in [1.165, 1.54) is 6.92 Å². The largest absolute Gasteiger partial charge is 0.288 e. The van der Waals surface area contributed by atoms with Gasteiger partial charge < -0.3 is 0 Å². The van der Waals surface area contributed by atoms with Gasteiger partial charge in [-0.1, -0.05) is 31.2 Å². The van der Waals surface area contributed by atoms with Crippen molar-refractivity contribution in [3.63, 3.8) is 0 Å². The van der Waals surface area contributed by atoms with Crippen molar-refractivity contribution in [3.8, 4) is 0 Å². The van der Waals surface area contributed by atoms with Crippen molar-refractivity contribution in [3.05, 3.63) is 70.3 Å². The molecule has 1 nitrogen and oxygen atoms in total. The predicted octanol–water partition coefficient (Wildman–Crippen LogP) is 4.07. The van der Waals surface area contributed by atoms with Crippen LogP contribution < -0.4 is 0 Å². The normalized spacial score (nSPS) is 10.5. The maximum absolute atomic E-state index is 13.8. The third-order valence-corrected chi connectivity index (χ3v) is 3.14. The van der Waals surface area contributed by atoms with Crippen LogP contribution in [0.2, 0.25) is 0 Å². The van der Waals surface area contributed by atoms with Crippen molar-refractivity contribution in [2.24, 2.45) is 0 Å². The lowest BCUT2D eigenvalue weighted by Gasteiger charge is -2.08. The Labute approximate surface area is 110 Å². The minimum absolute atomic E-state index is 0.192. The van der Waals surface area contributed by atoms with Crippen molar-refractivity contribution in [1.82, 2.24) is 0 Å². The number of carbonyl (C=O) groups is 1. The summed E-state index contributed by atoms with van der Waals surface area (Å²) < 4.78 is 27.3. The smallest absolute Gasteiger partial charge is 0.196 e. The number of benzene rings is 2. The van der Waals surface area contributed by atoms with Crippen LogP contribution >= 0.6 is 0 Å². The highest BCUT2D eigenvalue weighted by molar-refractivity contribution is 6.10. The quantitative estimate of drug-likeness (QED) is 0.760. The standard InChI is InChI=1S/C16H14F2O/c1-3-11-6-4-5-7-12(11)16(19)13-9-14(17)10(2)8-15(13)18/h4-9H,3H2,1-2H3. The van der Waals surface area contributed by atoms with Gasteiger partial charge in [0.05, 0.1) is 5.56 Å². The van der Waals surface area contributed by atoms with Gasteiger partial charge in [-0.25, -0.2) is 8.78 Å². The van der Waals surface area contributed by atoms with E-state index in [-0.39, 0.29) is 11.1 Å². The molecule has 0 heterocycles. The van der Waals surface area contributed by atoms with Gasteiger partial charge in [0.2, 0.25) is 0 Å². The number of ketones is 1. The van der Waals surface area contributed by atoms with Gasteiger partial charge in [-0.15, -0.1) is 0 Å². The molecule has 0 bridgehead atoms. The number of hydrogen-bond acceptors (Lipinski definition) is 1. The van der Waals surface area contributed by atoms with Crippen molar-refractivity contribution < 1.29 is 13.6 Å². The first-order valence-electron chi connectivity index (χ1n) is 6.12. The molecular formula is C16H14F2O. The van der Waals surface area contributed by atoms with Crippen LogP contribution in [-0.2, 0) is 6.42 Å². The molecular weight excluding hydrogens is 246 g/mol. The Morgan fingerprint density at radius 2 is 1.74 bits per heavy atom. The highest BCUT2D eigenvalue weighted by Gasteiger charge is 2.18. The molecule has 2 aromatic carbocycles. The van der Waals surface area contributed by atoms with Crippen molar-refractivity contribution in [2.75, 3.05) is 0 Å². The zero-order valence-electron chi connectivity index (χ0n) is 10.8. The molecule has 0 saturated heterocycles. The molecule has 0 aromatic heterocycles. The van der Waals surface area contributed by atoms with Gasteiger partial charge in [0.15, 0.2) is 5.78 Å². The van der Waals surface area contributed by atoms with E-state index >= 15 is 0 Å². The molecule has 0 saturated carbocycles. The number of halogens is 2. The van der Waals surface area contributed by atoms with Crippen LogP contribution in [0.4, 0.5) is 8.78 Å². The summed E-state index contributed by atoms with van der Waals surface area (Å²) in [6, 6.07) is 9.02. The highest BCUT2D eigenvalue weighted by Crippen LogP contribution is 2.20. The molecule has 0 atom stereocenters. The molecule has 0 spiro atoms. The minimum atomic E-state index is -0.685. The number of aryl methyl sites for hydroxylation is 2. The summed E-state index contributed by atoms with van der Waals surface area (Å²) >= 11 is 0. The first kappa shape index (κ1) is 13.4. The Kier molecular flexibility index (Phi) is 3.74. The lowest BCUT2D eigenvalue weighted by Crippen LogP contribution is -2.08. The number of rotatable bonds is 3. The Morgan fingerprint density at radius 3 is 2.42 bits per heavy atom. The van der Waals surface area contributed by atoms with Crippen LogP contribution in [-0.4, -0.2) is 5.78 Å². The average Bonchev–Trinajstić information content (AvgIpc) is 2.42. The molecule has 0 aliphatic heterocycles. The molecule has 0 radical (unpaired) electrons. The zero-order chi connectivity index (χ0) is 14.0. The third-order valence-electron chi connectivity index (χ3n) is 3.14. The van der Waals surface area contributed by atoms with Crippen molar-refractivity contribution in [1.29, 1.82) is 0 Å². The Balaban J connectivity index is 2.53. The molecule has 98 valence electrons. The van der Waals surface area contributed by atoms with E-state index < -0.39 is 17.4 Å². The molecule has 0 unspecified atom stereocenters. The fourth-order valence-corrected chi connectivity index (χ4v) is 2.02. The second-order valence-corrected chi connectivity index (χ2v) is 4.42. The van der Waals surface area contributed by atoms with Crippen LogP contribution in [0.3, 0.4) is 0 Å². The van der Waals surface area contributed by atoms with Gasteiger partial charge in [0, 0.05) is 5.56 Å². The molecule has 2 rings (SSSR count). The van der Waals surface area contributed by atoms with E-state index in [9.17, 15) is 13.6 Å². The van der Waals surface area contributed by atoms with Crippen LogP contribution in [0, 0.1) is 18.6 Å². The summed E-state index contributed by atoms with van der Waals surface area (Å²) in [5.74, 6) is -1.73. The fourth-order valence-electron chi connectivity index (χ4n) is 2.02. The Morgan fingerprint density at radius 1 is 1.05 bits per heavy atom. The third kappa shape index (κ3) is 2.55. The SMILES string of the molecule is CCc1ccccc1C(=O)c1cc(F)c(C)cc1F. The molecule has 0 aliphatic carbocycles. The van der Waals surface area contributed by atoms with E-state index in [1.54, 1.807) is 12.1 Å². The monoisotopic (exact) mass is 260 g/mol. The van der Waals surface area contributed by atoms with Crippen molar-refractivity contribution >= 4 is 5.78 Å². The number of hydrogen-bond donors (Lipinski definition) is 0. The fraction of sp³-hybridized carbons (Fsp3) is 0.188. The van der Waals surface area contributed by atoms with Gasteiger partial charge in [0.1, 0.15) is 11.6 Å². The van der Waals surface area contributed by atoms with Crippen molar-refractivity contribution in [2.45, 2.75) is 20.3 Å². The van der Waals surface area contributed by atoms with Crippen LogP contribution in [0.1, 0.15) is 34.0 Å². The maximum atomic E-state index is 13.8. The second kappa shape index (κ2) is 5.31. The first-order chi connectivity index (χ1) is 9.04. The molecule has 0 amide bonds. The number of carbonyl (C=O) groups excluding carboxylic acids is 1. The lowest BCUT2D eigenvalue weighted by molar-refractivity contribution is 0.103. The van der Waals surface area contributed by atoms with Gasteiger partial charge in [0.25, 0.3) is 0 Å². The molecule has 0 N–H and O–H groups in total. The Bertz CT molecular complexity index is 633. The second-order valence-electron chi connectivity index (χ2n) is 4.42. The average molecular weight is 260 g/mol. The summed E-state index contributed by atoms with van der Waals surface area (Å²) in [5.41, 5.74) is 1.22. The summed E-state index contributed by atoms with van der Waals surface area (Å²) in [7, 11) is 0. The van der Waals surface area contributed by atoms with Gasteiger partial charge in [-0.3, -0.25) is 4.79 Å². The summed E-state index contributed by atoms with van der Waals surface area (Å²) in [6.45, 7) is 3.38. The van der Waals surface area contributed by atoms with E-state index in [0.717, 1.165) is 17.7 Å². The summed E-state index contributed by atoms with van der Waals surface area (Å²) in [5, 5.41) is 0. The molecule has 0 fully saturated rings. The summed E-state index contributed by atoms with van der Waals surface area (Å²) in [4.78, 5) is 12.3. The topological polar surface area (TPSA) is 17.1 Å². The van der Waals surface area contributed by atoms with Crippen LogP contribution in [0.5, 0.6) is 0 Å².